The molecule has 2 aromatic carbocycles. The molecule has 4 rings (SSSR count). The average molecular weight is 625 g/mol. The Kier molecular flexibility index (Phi) is 8.07. The Morgan fingerprint density at radius 3 is 2.46 bits per heavy atom. The Morgan fingerprint density at radius 2 is 1.88 bits per heavy atom. The lowest BCUT2D eigenvalue weighted by Gasteiger charge is -2.38. The van der Waals surface area contributed by atoms with Crippen LogP contribution in [-0.2, 0) is 24.3 Å². The predicted molar refractivity (Wildman–Crippen MR) is 138 cm³/mol. The van der Waals surface area contributed by atoms with Crippen LogP contribution in [0.15, 0.2) is 41.3 Å². The lowest BCUT2D eigenvalue weighted by molar-refractivity contribution is -0.242. The first-order chi connectivity index (χ1) is 18.9. The number of nitrogens with zero attached hydrogens (tertiary/aromatic N) is 1. The van der Waals surface area contributed by atoms with E-state index < -0.39 is 56.3 Å². The third-order valence-corrected chi connectivity index (χ3v) is 8.37. The van der Waals surface area contributed by atoms with Crippen molar-refractivity contribution in [2.45, 2.75) is 42.2 Å². The summed E-state index contributed by atoms with van der Waals surface area (Å²) in [5.74, 6) is -1.38. The van der Waals surface area contributed by atoms with Gasteiger partial charge in [-0.1, -0.05) is 11.6 Å². The van der Waals surface area contributed by atoms with Crippen LogP contribution in [0, 0.1) is 5.82 Å². The second-order valence-electron chi connectivity index (χ2n) is 9.92. The van der Waals surface area contributed by atoms with Crippen molar-refractivity contribution >= 4 is 45.0 Å². The van der Waals surface area contributed by atoms with Crippen molar-refractivity contribution in [3.8, 4) is 5.75 Å². The molecule has 2 heterocycles. The Hall–Kier alpha value is -3.34. The van der Waals surface area contributed by atoms with E-state index in [1.54, 1.807) is 0 Å². The lowest BCUT2D eigenvalue weighted by atomic mass is 9.98. The van der Waals surface area contributed by atoms with E-state index in [1.807, 2.05) is 0 Å². The number of carbonyl (C=O) groups is 2. The molecule has 11 nitrogen and oxygen atoms in total. The number of benzene rings is 2. The van der Waals surface area contributed by atoms with E-state index in [9.17, 15) is 35.6 Å². The van der Waals surface area contributed by atoms with E-state index in [-0.39, 0.29) is 48.3 Å². The summed E-state index contributed by atoms with van der Waals surface area (Å²) in [4.78, 5) is 24.3. The number of anilines is 2. The van der Waals surface area contributed by atoms with Crippen LogP contribution in [0.4, 0.5) is 33.7 Å². The third-order valence-electron chi connectivity index (χ3n) is 6.31. The number of sulfonamides is 1. The molecule has 1 fully saturated rings. The quantitative estimate of drug-likeness (QED) is 0.398. The number of alkyl halides is 3. The van der Waals surface area contributed by atoms with Gasteiger partial charge < -0.3 is 25.3 Å². The number of halogens is 5. The fourth-order valence-corrected chi connectivity index (χ4v) is 5.53. The normalized spacial score (nSPS) is 18.4. The van der Waals surface area contributed by atoms with Crippen molar-refractivity contribution in [1.82, 2.24) is 5.32 Å². The van der Waals surface area contributed by atoms with Crippen molar-refractivity contribution < 1.29 is 49.8 Å². The summed E-state index contributed by atoms with van der Waals surface area (Å²) in [7, 11) is -4.45. The van der Waals surface area contributed by atoms with Gasteiger partial charge in [-0.15, -0.1) is 0 Å². The highest BCUT2D eigenvalue weighted by molar-refractivity contribution is 7.92. The molecule has 0 spiro atoms. The summed E-state index contributed by atoms with van der Waals surface area (Å²) in [6, 6.07) is 6.45. The molecule has 1 saturated heterocycles. The fraction of sp³-hybridized carbons (Fsp3) is 0.417. The molecular weight excluding hydrogens is 600 g/mol. The van der Waals surface area contributed by atoms with Crippen LogP contribution in [0.1, 0.15) is 13.8 Å². The standard InChI is InChI=1S/C24H25ClF4N4O7S/c1-22(2,24(27,28)29)40-21(35)32-13-3-6-19-18(7-13)33(41(36,37)15-4-5-17(26)16(25)8-15)10-14(39-19)9-31-20(34)23(30)11-38-12-23/h3-8,14H,9-12,30H2,1-2H3,(H,31,34)(H,32,35)/t14-/m0/s1. The molecule has 0 aliphatic carbocycles. The fourth-order valence-electron chi connectivity index (χ4n) is 3.76. The van der Waals surface area contributed by atoms with Gasteiger partial charge in [-0.25, -0.2) is 17.6 Å². The minimum absolute atomic E-state index is 0.00346. The van der Waals surface area contributed by atoms with Gasteiger partial charge in [-0.2, -0.15) is 13.2 Å². The van der Waals surface area contributed by atoms with Crippen LogP contribution in [-0.4, -0.2) is 70.1 Å². The first-order valence-corrected chi connectivity index (χ1v) is 13.7. The zero-order valence-electron chi connectivity index (χ0n) is 21.6. The van der Waals surface area contributed by atoms with Gasteiger partial charge in [-0.3, -0.25) is 14.4 Å². The van der Waals surface area contributed by atoms with Crippen molar-refractivity contribution in [3.05, 3.63) is 47.2 Å². The molecule has 0 aromatic heterocycles. The summed E-state index contributed by atoms with van der Waals surface area (Å²) < 4.78 is 96.7. The van der Waals surface area contributed by atoms with E-state index in [0.717, 1.165) is 28.6 Å². The third kappa shape index (κ3) is 6.29. The van der Waals surface area contributed by atoms with Crippen molar-refractivity contribution in [3.63, 3.8) is 0 Å². The summed E-state index contributed by atoms with van der Waals surface area (Å²) >= 11 is 5.81. The van der Waals surface area contributed by atoms with Crippen molar-refractivity contribution in [1.29, 1.82) is 0 Å². The number of hydrogen-bond donors (Lipinski definition) is 3. The highest BCUT2D eigenvalue weighted by Crippen LogP contribution is 2.40. The van der Waals surface area contributed by atoms with Gasteiger partial charge in [0.25, 0.3) is 10.0 Å². The van der Waals surface area contributed by atoms with Gasteiger partial charge in [0, 0.05) is 5.69 Å². The number of nitrogens with one attached hydrogen (secondary N) is 2. The number of fused-ring (bicyclic) bond motifs is 1. The number of ether oxygens (including phenoxy) is 3. The summed E-state index contributed by atoms with van der Waals surface area (Å²) in [6.45, 7) is 0.826. The Labute approximate surface area is 236 Å². The molecule has 2 aromatic rings. The second-order valence-corrected chi connectivity index (χ2v) is 12.2. The first-order valence-electron chi connectivity index (χ1n) is 11.9. The molecule has 2 aliphatic heterocycles. The number of amides is 2. The molecule has 0 bridgehead atoms. The SMILES string of the molecule is CC(C)(OC(=O)Nc1ccc2c(c1)N(S(=O)(=O)c1ccc(F)c(Cl)c1)C[C@H](CNC(=O)C1(N)COC1)O2)C(F)(F)F. The van der Waals surface area contributed by atoms with Crippen LogP contribution in [0.2, 0.25) is 5.02 Å². The van der Waals surface area contributed by atoms with E-state index in [1.165, 1.54) is 12.1 Å². The Morgan fingerprint density at radius 1 is 1.20 bits per heavy atom. The molecule has 4 N–H and O–H groups in total. The topological polar surface area (TPSA) is 149 Å². The predicted octanol–water partition coefficient (Wildman–Crippen LogP) is 3.17. The van der Waals surface area contributed by atoms with E-state index >= 15 is 0 Å². The van der Waals surface area contributed by atoms with Crippen LogP contribution >= 0.6 is 11.6 Å². The van der Waals surface area contributed by atoms with Crippen LogP contribution in [0.25, 0.3) is 0 Å². The molecule has 0 saturated carbocycles. The minimum atomic E-state index is -4.85. The smallest absolute Gasteiger partial charge is 0.427 e. The number of hydrogen-bond acceptors (Lipinski definition) is 8. The maximum atomic E-state index is 13.8. The second kappa shape index (κ2) is 10.8. The Balaban J connectivity index is 1.63. The number of carbonyl (C=O) groups excluding carboxylic acids is 2. The highest BCUT2D eigenvalue weighted by Gasteiger charge is 2.51. The maximum absolute atomic E-state index is 13.8. The summed E-state index contributed by atoms with van der Waals surface area (Å²) in [5, 5.41) is 4.28. The van der Waals surface area contributed by atoms with Gasteiger partial charge in [0.15, 0.2) is 0 Å². The van der Waals surface area contributed by atoms with Crippen LogP contribution in [0.3, 0.4) is 0 Å². The van der Waals surface area contributed by atoms with E-state index in [0.29, 0.717) is 13.8 Å². The summed E-state index contributed by atoms with van der Waals surface area (Å²) in [6.07, 6.45) is -7.23. The van der Waals surface area contributed by atoms with Gasteiger partial charge in [0.1, 0.15) is 23.2 Å². The molecule has 1 atom stereocenters. The molecule has 2 amide bonds. The van der Waals surface area contributed by atoms with Gasteiger partial charge in [0.2, 0.25) is 11.5 Å². The molecule has 0 radical (unpaired) electrons. The highest BCUT2D eigenvalue weighted by atomic mass is 35.5. The van der Waals surface area contributed by atoms with Crippen molar-refractivity contribution in [2.24, 2.45) is 5.73 Å². The molecule has 224 valence electrons. The monoisotopic (exact) mass is 624 g/mol. The van der Waals surface area contributed by atoms with Crippen LogP contribution < -0.4 is 25.4 Å². The summed E-state index contributed by atoms with van der Waals surface area (Å²) in [5.41, 5.74) is 1.67. The molecular formula is C24H25ClF4N4O7S. The van der Waals surface area contributed by atoms with Crippen LogP contribution in [0.5, 0.6) is 5.75 Å². The zero-order chi connectivity index (χ0) is 30.4. The van der Waals surface area contributed by atoms with Gasteiger partial charge in [-0.05, 0) is 50.2 Å². The van der Waals surface area contributed by atoms with Crippen molar-refractivity contribution in [2.75, 3.05) is 35.9 Å². The number of nitrogens with two attached hydrogens (primary N) is 1. The Bertz CT molecular complexity index is 1470. The van der Waals surface area contributed by atoms with E-state index in [2.05, 4.69) is 15.4 Å². The first kappa shape index (κ1) is 30.6. The number of rotatable bonds is 7. The zero-order valence-corrected chi connectivity index (χ0v) is 23.1. The lowest BCUT2D eigenvalue weighted by Crippen LogP contribution is -2.67. The van der Waals surface area contributed by atoms with Gasteiger partial charge >= 0.3 is 12.3 Å². The molecule has 41 heavy (non-hydrogen) atoms. The van der Waals surface area contributed by atoms with E-state index in [4.69, 9.17) is 26.8 Å². The largest absolute Gasteiger partial charge is 0.484 e. The average Bonchev–Trinajstić information content (AvgIpc) is 2.85. The maximum Gasteiger partial charge on any atom is 0.427 e. The molecule has 0 unspecified atom stereocenters. The molecule has 2 aliphatic rings. The minimum Gasteiger partial charge on any atom is -0.484 e. The molecule has 17 heteroatoms. The van der Waals surface area contributed by atoms with Gasteiger partial charge in [0.05, 0.1) is 41.9 Å².